The first-order valence-corrected chi connectivity index (χ1v) is 6.34. The van der Waals surface area contributed by atoms with Crippen LogP contribution in [0.1, 0.15) is 28.0 Å². The first-order chi connectivity index (χ1) is 8.60. The van der Waals surface area contributed by atoms with E-state index in [1.807, 2.05) is 12.3 Å². The monoisotopic (exact) mass is 264 g/mol. The minimum Gasteiger partial charge on any atom is -0.477 e. The number of pyridine rings is 1. The second kappa shape index (κ2) is 5.14. The minimum absolute atomic E-state index is 0.219. The number of thiazole rings is 1. The van der Waals surface area contributed by atoms with Gasteiger partial charge in [-0.1, -0.05) is 6.92 Å². The highest BCUT2D eigenvalue weighted by atomic mass is 32.1. The Morgan fingerprint density at radius 3 is 2.94 bits per heavy atom. The Labute approximate surface area is 107 Å². The lowest BCUT2D eigenvalue weighted by molar-refractivity contribution is 0.0694. The summed E-state index contributed by atoms with van der Waals surface area (Å²) in [4.78, 5) is 26.6. The number of nitrogens with zero attached hydrogens (tertiary/aromatic N) is 2. The molecule has 0 aliphatic heterocycles. The van der Waals surface area contributed by atoms with Crippen molar-refractivity contribution < 1.29 is 9.90 Å². The summed E-state index contributed by atoms with van der Waals surface area (Å²) >= 11 is 1.58. The average Bonchev–Trinajstić information content (AvgIpc) is 2.79. The molecule has 0 amide bonds. The van der Waals surface area contributed by atoms with Gasteiger partial charge in [0, 0.05) is 23.8 Å². The maximum absolute atomic E-state index is 11.3. The maximum atomic E-state index is 11.3. The van der Waals surface area contributed by atoms with Gasteiger partial charge >= 0.3 is 5.97 Å². The molecule has 2 aromatic rings. The molecular weight excluding hydrogens is 252 g/mol. The Bertz CT molecular complexity index is 630. The smallest absolute Gasteiger partial charge is 0.341 e. The van der Waals surface area contributed by atoms with Gasteiger partial charge in [0.05, 0.1) is 17.2 Å². The van der Waals surface area contributed by atoms with E-state index in [0.29, 0.717) is 6.54 Å². The number of carboxylic acid groups (broad SMARTS) is 1. The predicted molar refractivity (Wildman–Crippen MR) is 68.3 cm³/mol. The normalized spacial score (nSPS) is 10.5. The molecule has 6 heteroatoms. The highest BCUT2D eigenvalue weighted by molar-refractivity contribution is 7.09. The lowest BCUT2D eigenvalue weighted by atomic mass is 10.2. The molecule has 94 valence electrons. The van der Waals surface area contributed by atoms with Crippen LogP contribution in [0.5, 0.6) is 0 Å². The number of aromatic nitrogens is 2. The largest absolute Gasteiger partial charge is 0.477 e. The summed E-state index contributed by atoms with van der Waals surface area (Å²) in [5.41, 5.74) is 0.173. The summed E-state index contributed by atoms with van der Waals surface area (Å²) < 4.78 is 1.65. The molecule has 0 radical (unpaired) electrons. The summed E-state index contributed by atoms with van der Waals surface area (Å²) in [6, 6.07) is 1.26. The molecule has 5 nitrogen and oxygen atoms in total. The highest BCUT2D eigenvalue weighted by Gasteiger charge is 2.09. The molecule has 0 unspecified atom stereocenters. The molecule has 0 aromatic carbocycles. The molecule has 2 rings (SSSR count). The summed E-state index contributed by atoms with van der Waals surface area (Å²) in [6.45, 7) is 2.50. The molecule has 0 saturated heterocycles. The Morgan fingerprint density at radius 2 is 2.33 bits per heavy atom. The second-order valence-electron chi connectivity index (χ2n) is 3.79. The van der Waals surface area contributed by atoms with Gasteiger partial charge in [-0.25, -0.2) is 9.78 Å². The first-order valence-electron chi connectivity index (χ1n) is 5.47. The highest BCUT2D eigenvalue weighted by Crippen LogP contribution is 2.11. The Morgan fingerprint density at radius 1 is 1.56 bits per heavy atom. The molecule has 0 fully saturated rings. The SMILES string of the molecule is CCc1nc(Cn2ccc(=O)c(C(=O)O)c2)cs1. The van der Waals surface area contributed by atoms with Crippen LogP contribution in [0, 0.1) is 0 Å². The van der Waals surface area contributed by atoms with Gasteiger partial charge in [-0.3, -0.25) is 4.79 Å². The molecule has 0 saturated carbocycles. The molecule has 0 bridgehead atoms. The topological polar surface area (TPSA) is 72.2 Å². The van der Waals surface area contributed by atoms with Crippen molar-refractivity contribution in [1.82, 2.24) is 9.55 Å². The number of rotatable bonds is 4. The van der Waals surface area contributed by atoms with Gasteiger partial charge in [0.1, 0.15) is 5.56 Å². The van der Waals surface area contributed by atoms with Crippen LogP contribution in [0.2, 0.25) is 0 Å². The van der Waals surface area contributed by atoms with E-state index in [1.54, 1.807) is 22.1 Å². The van der Waals surface area contributed by atoms with Crippen molar-refractivity contribution >= 4 is 17.3 Å². The fraction of sp³-hybridized carbons (Fsp3) is 0.250. The summed E-state index contributed by atoms with van der Waals surface area (Å²) in [6.07, 6.45) is 3.80. The number of aromatic carboxylic acids is 1. The van der Waals surface area contributed by atoms with Crippen molar-refractivity contribution in [1.29, 1.82) is 0 Å². The molecular formula is C12H12N2O3S. The Balaban J connectivity index is 2.26. The lowest BCUT2D eigenvalue weighted by Gasteiger charge is -2.04. The number of carboxylic acids is 1. The van der Waals surface area contributed by atoms with Crippen LogP contribution in [-0.4, -0.2) is 20.6 Å². The molecule has 18 heavy (non-hydrogen) atoms. The van der Waals surface area contributed by atoms with Crippen molar-refractivity contribution in [2.45, 2.75) is 19.9 Å². The van der Waals surface area contributed by atoms with Crippen LogP contribution < -0.4 is 5.43 Å². The van der Waals surface area contributed by atoms with Crippen LogP contribution in [0.4, 0.5) is 0 Å². The van der Waals surface area contributed by atoms with Crippen LogP contribution in [0.3, 0.4) is 0 Å². The number of hydrogen-bond donors (Lipinski definition) is 1. The molecule has 0 spiro atoms. The van der Waals surface area contributed by atoms with Crippen LogP contribution in [-0.2, 0) is 13.0 Å². The van der Waals surface area contributed by atoms with Crippen molar-refractivity contribution in [3.05, 3.63) is 50.3 Å². The molecule has 2 aromatic heterocycles. The van der Waals surface area contributed by atoms with Crippen molar-refractivity contribution in [2.24, 2.45) is 0 Å². The van der Waals surface area contributed by atoms with E-state index in [4.69, 9.17) is 5.11 Å². The van der Waals surface area contributed by atoms with E-state index in [9.17, 15) is 9.59 Å². The summed E-state index contributed by atoms with van der Waals surface area (Å²) in [5, 5.41) is 11.9. The zero-order valence-electron chi connectivity index (χ0n) is 9.79. The van der Waals surface area contributed by atoms with Gasteiger partial charge in [0.15, 0.2) is 5.43 Å². The van der Waals surface area contributed by atoms with E-state index < -0.39 is 11.4 Å². The third kappa shape index (κ3) is 2.65. The fourth-order valence-electron chi connectivity index (χ4n) is 1.56. The van der Waals surface area contributed by atoms with E-state index in [1.165, 1.54) is 12.3 Å². The third-order valence-electron chi connectivity index (χ3n) is 2.45. The number of aryl methyl sites for hydroxylation is 1. The number of carbonyl (C=O) groups is 1. The van der Waals surface area contributed by atoms with Gasteiger partial charge in [-0.05, 0) is 6.42 Å². The van der Waals surface area contributed by atoms with Crippen LogP contribution >= 0.6 is 11.3 Å². The summed E-state index contributed by atoms with van der Waals surface area (Å²) in [7, 11) is 0. The predicted octanol–water partition coefficient (Wildman–Crippen LogP) is 1.61. The van der Waals surface area contributed by atoms with Crippen LogP contribution in [0.25, 0.3) is 0 Å². The van der Waals surface area contributed by atoms with Crippen molar-refractivity contribution in [2.75, 3.05) is 0 Å². The lowest BCUT2D eigenvalue weighted by Crippen LogP contribution is -2.16. The zero-order valence-corrected chi connectivity index (χ0v) is 10.6. The van der Waals surface area contributed by atoms with Crippen LogP contribution in [0.15, 0.2) is 28.6 Å². The Hall–Kier alpha value is -1.95. The van der Waals surface area contributed by atoms with Gasteiger partial charge in [0.2, 0.25) is 0 Å². The Kier molecular flexibility index (Phi) is 3.57. The number of hydrogen-bond acceptors (Lipinski definition) is 4. The zero-order chi connectivity index (χ0) is 13.1. The first kappa shape index (κ1) is 12.5. The minimum atomic E-state index is -1.21. The molecule has 0 atom stereocenters. The fourth-order valence-corrected chi connectivity index (χ4v) is 2.29. The van der Waals surface area contributed by atoms with Crippen molar-refractivity contribution in [3.63, 3.8) is 0 Å². The molecule has 0 aliphatic carbocycles. The molecule has 2 heterocycles. The summed E-state index contributed by atoms with van der Waals surface area (Å²) in [5.74, 6) is -1.21. The van der Waals surface area contributed by atoms with E-state index in [0.717, 1.165) is 17.1 Å². The van der Waals surface area contributed by atoms with Crippen molar-refractivity contribution in [3.8, 4) is 0 Å². The van der Waals surface area contributed by atoms with E-state index in [-0.39, 0.29) is 5.56 Å². The van der Waals surface area contributed by atoms with Gasteiger partial charge in [-0.15, -0.1) is 11.3 Å². The van der Waals surface area contributed by atoms with Gasteiger partial charge < -0.3 is 9.67 Å². The maximum Gasteiger partial charge on any atom is 0.341 e. The second-order valence-corrected chi connectivity index (χ2v) is 4.73. The van der Waals surface area contributed by atoms with Gasteiger partial charge in [-0.2, -0.15) is 0 Å². The third-order valence-corrected chi connectivity index (χ3v) is 3.50. The van der Waals surface area contributed by atoms with Gasteiger partial charge in [0.25, 0.3) is 0 Å². The standard InChI is InChI=1S/C12H12N2O3S/c1-2-11-13-8(7-18-11)5-14-4-3-10(15)9(6-14)12(16)17/h3-4,6-7H,2,5H2,1H3,(H,16,17). The molecule has 0 aliphatic rings. The average molecular weight is 264 g/mol. The van der Waals surface area contributed by atoms with E-state index >= 15 is 0 Å². The quantitative estimate of drug-likeness (QED) is 0.910. The van der Waals surface area contributed by atoms with E-state index in [2.05, 4.69) is 4.98 Å². The molecule has 1 N–H and O–H groups in total.